The van der Waals surface area contributed by atoms with E-state index in [-0.39, 0.29) is 24.1 Å². The lowest BCUT2D eigenvalue weighted by atomic mass is 9.83. The molecule has 1 amide bonds. The number of hydrogen-bond donors (Lipinski definition) is 0. The molecule has 0 saturated heterocycles. The molecule has 0 saturated carbocycles. The van der Waals surface area contributed by atoms with E-state index in [0.29, 0.717) is 24.4 Å². The number of esters is 1. The molecule has 1 aliphatic rings. The fourth-order valence-electron chi connectivity index (χ4n) is 3.64. The molecule has 0 aromatic heterocycles. The molecule has 158 valence electrons. The van der Waals surface area contributed by atoms with Crippen molar-refractivity contribution in [2.45, 2.75) is 46.6 Å². The molecular formula is C25H28FNO3. The molecule has 3 rings (SSSR count). The third-order valence-corrected chi connectivity index (χ3v) is 5.32. The predicted octanol–water partition coefficient (Wildman–Crippen LogP) is 5.12. The Balaban J connectivity index is 1.99. The summed E-state index contributed by atoms with van der Waals surface area (Å²) in [5.41, 5.74) is 3.92. The number of nitrogens with zero attached hydrogens (tertiary/aromatic N) is 1. The Bertz CT molecular complexity index is 945. The fourth-order valence-corrected chi connectivity index (χ4v) is 3.64. The molecule has 2 aromatic rings. The SMILES string of the molecule is CC1=C(C(=O)OCC(C)C)C(c2ccc(F)cc2)CC(=O)N1Cc1ccc(C)cc1. The Morgan fingerprint density at radius 2 is 1.73 bits per heavy atom. The van der Waals surface area contributed by atoms with Crippen LogP contribution in [-0.2, 0) is 20.9 Å². The van der Waals surface area contributed by atoms with Gasteiger partial charge in [0, 0.05) is 18.0 Å². The molecule has 0 N–H and O–H groups in total. The second-order valence-electron chi connectivity index (χ2n) is 8.27. The smallest absolute Gasteiger partial charge is 0.336 e. The maximum absolute atomic E-state index is 13.4. The molecule has 2 aromatic carbocycles. The van der Waals surface area contributed by atoms with Gasteiger partial charge in [-0.25, -0.2) is 9.18 Å². The van der Waals surface area contributed by atoms with Crippen LogP contribution in [0.25, 0.3) is 0 Å². The topological polar surface area (TPSA) is 46.6 Å². The minimum Gasteiger partial charge on any atom is -0.462 e. The molecular weight excluding hydrogens is 381 g/mol. The van der Waals surface area contributed by atoms with E-state index >= 15 is 0 Å². The van der Waals surface area contributed by atoms with Crippen LogP contribution in [0.15, 0.2) is 59.8 Å². The molecule has 1 unspecified atom stereocenters. The van der Waals surface area contributed by atoms with Gasteiger partial charge in [-0.1, -0.05) is 55.8 Å². The summed E-state index contributed by atoms with van der Waals surface area (Å²) in [6, 6.07) is 13.9. The highest BCUT2D eigenvalue weighted by molar-refractivity contribution is 5.95. The molecule has 1 atom stereocenters. The Kier molecular flexibility index (Phi) is 6.70. The van der Waals surface area contributed by atoms with Gasteiger partial charge >= 0.3 is 5.97 Å². The van der Waals surface area contributed by atoms with Gasteiger partial charge in [0.15, 0.2) is 0 Å². The normalized spacial score (nSPS) is 16.9. The van der Waals surface area contributed by atoms with Gasteiger partial charge in [-0.2, -0.15) is 0 Å². The molecule has 1 heterocycles. The highest BCUT2D eigenvalue weighted by Crippen LogP contribution is 2.37. The summed E-state index contributed by atoms with van der Waals surface area (Å²) in [4.78, 5) is 27.7. The maximum atomic E-state index is 13.4. The van der Waals surface area contributed by atoms with Crippen LogP contribution in [0.1, 0.15) is 49.8 Å². The third-order valence-electron chi connectivity index (χ3n) is 5.32. The van der Waals surface area contributed by atoms with E-state index in [2.05, 4.69) is 0 Å². The average Bonchev–Trinajstić information content (AvgIpc) is 2.71. The molecule has 0 fully saturated rings. The maximum Gasteiger partial charge on any atom is 0.336 e. The Morgan fingerprint density at radius 1 is 1.10 bits per heavy atom. The van der Waals surface area contributed by atoms with Gasteiger partial charge in [0.2, 0.25) is 5.91 Å². The van der Waals surface area contributed by atoms with E-state index in [1.807, 2.05) is 45.0 Å². The number of allylic oxidation sites excluding steroid dienone is 1. The summed E-state index contributed by atoms with van der Waals surface area (Å²) in [5, 5.41) is 0. The molecule has 0 spiro atoms. The summed E-state index contributed by atoms with van der Waals surface area (Å²) >= 11 is 0. The number of hydrogen-bond acceptors (Lipinski definition) is 3. The zero-order chi connectivity index (χ0) is 21.8. The molecule has 1 aliphatic heterocycles. The van der Waals surface area contributed by atoms with Gasteiger partial charge in [-0.3, -0.25) is 4.79 Å². The van der Waals surface area contributed by atoms with Crippen LogP contribution in [-0.4, -0.2) is 23.4 Å². The van der Waals surface area contributed by atoms with Crippen LogP contribution in [0.2, 0.25) is 0 Å². The molecule has 0 bridgehead atoms. The number of carbonyl (C=O) groups excluding carboxylic acids is 2. The van der Waals surface area contributed by atoms with Crippen molar-refractivity contribution in [3.8, 4) is 0 Å². The summed E-state index contributed by atoms with van der Waals surface area (Å²) in [5.74, 6) is -1.09. The van der Waals surface area contributed by atoms with E-state index in [1.54, 1.807) is 24.0 Å². The van der Waals surface area contributed by atoms with Gasteiger partial charge in [-0.15, -0.1) is 0 Å². The van der Waals surface area contributed by atoms with Gasteiger partial charge < -0.3 is 9.64 Å². The number of ether oxygens (including phenoxy) is 1. The first-order chi connectivity index (χ1) is 14.3. The number of carbonyl (C=O) groups is 2. The van der Waals surface area contributed by atoms with Crippen LogP contribution >= 0.6 is 0 Å². The quantitative estimate of drug-likeness (QED) is 0.622. The van der Waals surface area contributed by atoms with Crippen LogP contribution < -0.4 is 0 Å². The third kappa shape index (κ3) is 4.96. The number of aryl methyl sites for hydroxylation is 1. The zero-order valence-electron chi connectivity index (χ0n) is 17.9. The van der Waals surface area contributed by atoms with E-state index < -0.39 is 11.9 Å². The number of rotatable bonds is 6. The van der Waals surface area contributed by atoms with Crippen molar-refractivity contribution >= 4 is 11.9 Å². The van der Waals surface area contributed by atoms with Crippen LogP contribution in [0.4, 0.5) is 4.39 Å². The number of amides is 1. The number of halogens is 1. The Labute approximate surface area is 177 Å². The fraction of sp³-hybridized carbons (Fsp3) is 0.360. The largest absolute Gasteiger partial charge is 0.462 e. The first-order valence-corrected chi connectivity index (χ1v) is 10.3. The molecule has 0 radical (unpaired) electrons. The Morgan fingerprint density at radius 3 is 2.33 bits per heavy atom. The van der Waals surface area contributed by atoms with E-state index in [1.165, 1.54) is 12.1 Å². The second-order valence-corrected chi connectivity index (χ2v) is 8.27. The summed E-state index contributed by atoms with van der Waals surface area (Å²) in [6.45, 7) is 8.44. The Hall–Kier alpha value is -2.95. The summed E-state index contributed by atoms with van der Waals surface area (Å²) in [7, 11) is 0. The summed E-state index contributed by atoms with van der Waals surface area (Å²) < 4.78 is 19.0. The standard InChI is InChI=1S/C25H28FNO3/c1-16(2)15-30-25(29)24-18(4)27(14-19-7-5-17(3)6-8-19)23(28)13-22(24)20-9-11-21(26)12-10-20/h5-12,16,22H,13-15H2,1-4H3. The van der Waals surface area contributed by atoms with Gasteiger partial charge in [-0.05, 0) is 43.0 Å². The van der Waals surface area contributed by atoms with Crippen molar-refractivity contribution in [3.63, 3.8) is 0 Å². The van der Waals surface area contributed by atoms with Crippen molar-refractivity contribution < 1.29 is 18.7 Å². The van der Waals surface area contributed by atoms with Gasteiger partial charge in [0.1, 0.15) is 5.82 Å². The number of benzene rings is 2. The molecule has 5 heteroatoms. The zero-order valence-corrected chi connectivity index (χ0v) is 17.9. The first kappa shape index (κ1) is 21.8. The molecule has 0 aliphatic carbocycles. The lowest BCUT2D eigenvalue weighted by Gasteiger charge is -2.34. The lowest BCUT2D eigenvalue weighted by molar-refractivity contribution is -0.141. The van der Waals surface area contributed by atoms with Gasteiger partial charge in [0.25, 0.3) is 0 Å². The average molecular weight is 410 g/mol. The second kappa shape index (κ2) is 9.24. The highest BCUT2D eigenvalue weighted by Gasteiger charge is 2.37. The van der Waals surface area contributed by atoms with Crippen molar-refractivity contribution in [2.75, 3.05) is 6.61 Å². The van der Waals surface area contributed by atoms with E-state index in [4.69, 9.17) is 4.74 Å². The summed E-state index contributed by atoms with van der Waals surface area (Å²) in [6.07, 6.45) is 0.140. The van der Waals surface area contributed by atoms with E-state index in [0.717, 1.165) is 16.7 Å². The minimum absolute atomic E-state index is 0.0668. The minimum atomic E-state index is -0.452. The highest BCUT2D eigenvalue weighted by atomic mass is 19.1. The molecule has 4 nitrogen and oxygen atoms in total. The van der Waals surface area contributed by atoms with Crippen LogP contribution in [0.3, 0.4) is 0 Å². The van der Waals surface area contributed by atoms with Crippen LogP contribution in [0, 0.1) is 18.7 Å². The van der Waals surface area contributed by atoms with E-state index in [9.17, 15) is 14.0 Å². The predicted molar refractivity (Wildman–Crippen MR) is 114 cm³/mol. The van der Waals surface area contributed by atoms with Gasteiger partial charge in [0.05, 0.1) is 18.7 Å². The van der Waals surface area contributed by atoms with Crippen molar-refractivity contribution in [1.82, 2.24) is 4.90 Å². The molecule has 30 heavy (non-hydrogen) atoms. The first-order valence-electron chi connectivity index (χ1n) is 10.3. The van der Waals surface area contributed by atoms with Crippen molar-refractivity contribution in [3.05, 3.63) is 82.3 Å². The van der Waals surface area contributed by atoms with Crippen molar-refractivity contribution in [1.29, 1.82) is 0 Å². The monoisotopic (exact) mass is 409 g/mol. The van der Waals surface area contributed by atoms with Crippen LogP contribution in [0.5, 0.6) is 0 Å². The lowest BCUT2D eigenvalue weighted by Crippen LogP contribution is -2.38. The van der Waals surface area contributed by atoms with Crippen molar-refractivity contribution in [2.24, 2.45) is 5.92 Å².